The van der Waals surface area contributed by atoms with Crippen LogP contribution >= 0.6 is 0 Å². The number of esters is 1. The first-order valence-corrected chi connectivity index (χ1v) is 3.46. The molecule has 0 saturated carbocycles. The molecule has 1 heterocycles. The van der Waals surface area contributed by atoms with Crippen LogP contribution in [0.1, 0.15) is 0 Å². The minimum Gasteiger partial charge on any atom is -0.444 e. The fraction of sp³-hybridized carbons (Fsp3) is 0.125. The van der Waals surface area contributed by atoms with Crippen LogP contribution in [-0.2, 0) is 14.3 Å². The third-order valence-corrected chi connectivity index (χ3v) is 1.59. The van der Waals surface area contributed by atoms with Gasteiger partial charge in [-0.1, -0.05) is 12.2 Å². The number of hydrogen-bond donors (Lipinski definition) is 0. The molecule has 0 saturated heterocycles. The highest BCUT2D eigenvalue weighted by molar-refractivity contribution is 6.37. The molecule has 0 aromatic rings. The summed E-state index contributed by atoms with van der Waals surface area (Å²) in [4.78, 5) is 25.0. The molecule has 1 aliphatic carbocycles. The minimum atomic E-state index is -0.885. The summed E-state index contributed by atoms with van der Waals surface area (Å²) in [5.74, 6) is -1.72. The second-order valence-corrected chi connectivity index (χ2v) is 2.41. The monoisotopic (exact) mass is 163 g/mol. The zero-order valence-electron chi connectivity index (χ0n) is 6.06. The number of hydrogen-bond acceptors (Lipinski definition) is 3. The van der Waals surface area contributed by atoms with Gasteiger partial charge in [0.15, 0.2) is 6.10 Å². The number of carbonyl (C=O) groups is 2. The number of carbonyl (C=O) groups excluding carboxylic acids is 2. The molecule has 4 nitrogen and oxygen atoms in total. The van der Waals surface area contributed by atoms with Crippen molar-refractivity contribution in [3.05, 3.63) is 24.3 Å². The van der Waals surface area contributed by atoms with Crippen LogP contribution < -0.4 is 0 Å². The predicted molar refractivity (Wildman–Crippen MR) is 40.6 cm³/mol. The van der Waals surface area contributed by atoms with Crippen LogP contribution in [0, 0.1) is 0 Å². The maximum Gasteiger partial charge on any atom is 0.400 e. The maximum absolute atomic E-state index is 10.7. The Morgan fingerprint density at radius 2 is 2.17 bits per heavy atom. The molecule has 2 aliphatic rings. The van der Waals surface area contributed by atoms with Gasteiger partial charge in [-0.05, 0) is 12.2 Å². The van der Waals surface area contributed by atoms with E-state index in [0.717, 1.165) is 0 Å². The SMILES string of the molecule is O=C1N=C2C=CC=CC2OC1=O. The van der Waals surface area contributed by atoms with Gasteiger partial charge in [0.25, 0.3) is 0 Å². The number of nitrogens with zero attached hydrogens (tertiary/aromatic N) is 1. The lowest BCUT2D eigenvalue weighted by Crippen LogP contribution is -2.34. The molecular formula is C8H5NO3. The number of aliphatic imine (C=N–C) groups is 1. The molecule has 1 atom stereocenters. The van der Waals surface area contributed by atoms with E-state index in [9.17, 15) is 9.59 Å². The average Bonchev–Trinajstić information content (AvgIpc) is 2.07. The molecule has 4 heteroatoms. The van der Waals surface area contributed by atoms with Gasteiger partial charge in [-0.2, -0.15) is 0 Å². The van der Waals surface area contributed by atoms with Crippen molar-refractivity contribution in [1.29, 1.82) is 0 Å². The van der Waals surface area contributed by atoms with Crippen LogP contribution in [0.15, 0.2) is 29.3 Å². The molecule has 60 valence electrons. The molecule has 1 amide bonds. The highest BCUT2D eigenvalue weighted by Crippen LogP contribution is 2.11. The second-order valence-electron chi connectivity index (χ2n) is 2.41. The number of amides is 1. The number of ether oxygens (including phenoxy) is 1. The van der Waals surface area contributed by atoms with Crippen molar-refractivity contribution in [3.63, 3.8) is 0 Å². The average molecular weight is 163 g/mol. The number of fused-ring (bicyclic) bond motifs is 1. The summed E-state index contributed by atoms with van der Waals surface area (Å²) in [5, 5.41) is 0. The first kappa shape index (κ1) is 6.97. The lowest BCUT2D eigenvalue weighted by Gasteiger charge is -2.18. The van der Waals surface area contributed by atoms with E-state index in [4.69, 9.17) is 4.74 Å². The van der Waals surface area contributed by atoms with Crippen molar-refractivity contribution in [1.82, 2.24) is 0 Å². The fourth-order valence-corrected chi connectivity index (χ4v) is 1.04. The summed E-state index contributed by atoms with van der Waals surface area (Å²) in [7, 11) is 0. The quantitative estimate of drug-likeness (QED) is 0.373. The Morgan fingerprint density at radius 1 is 1.33 bits per heavy atom. The third-order valence-electron chi connectivity index (χ3n) is 1.59. The van der Waals surface area contributed by atoms with Crippen LogP contribution in [0.4, 0.5) is 0 Å². The Balaban J connectivity index is 2.40. The van der Waals surface area contributed by atoms with E-state index in [1.165, 1.54) is 0 Å². The standard InChI is InChI=1S/C8H5NO3/c10-7-8(11)12-6-4-2-1-3-5(6)9-7/h1-4,6H. The van der Waals surface area contributed by atoms with Gasteiger partial charge in [0, 0.05) is 0 Å². The van der Waals surface area contributed by atoms with Gasteiger partial charge >= 0.3 is 11.9 Å². The van der Waals surface area contributed by atoms with Gasteiger partial charge in [0.1, 0.15) is 0 Å². The molecule has 0 fully saturated rings. The molecule has 1 unspecified atom stereocenters. The zero-order chi connectivity index (χ0) is 8.55. The summed E-state index contributed by atoms with van der Waals surface area (Å²) in [6, 6.07) is 0. The summed E-state index contributed by atoms with van der Waals surface area (Å²) >= 11 is 0. The van der Waals surface area contributed by atoms with Crippen molar-refractivity contribution in [3.8, 4) is 0 Å². The molecule has 0 spiro atoms. The van der Waals surface area contributed by atoms with Crippen molar-refractivity contribution < 1.29 is 14.3 Å². The minimum absolute atomic E-state index is 0.472. The topological polar surface area (TPSA) is 55.7 Å². The van der Waals surface area contributed by atoms with Crippen molar-refractivity contribution >= 4 is 17.6 Å². The van der Waals surface area contributed by atoms with Gasteiger partial charge in [-0.3, -0.25) is 4.79 Å². The van der Waals surface area contributed by atoms with Crippen LogP contribution in [0.2, 0.25) is 0 Å². The molecule has 0 bridgehead atoms. The molecular weight excluding hydrogens is 158 g/mol. The smallest absolute Gasteiger partial charge is 0.400 e. The molecule has 0 N–H and O–H groups in total. The van der Waals surface area contributed by atoms with Crippen molar-refractivity contribution in [2.45, 2.75) is 6.10 Å². The zero-order valence-corrected chi connectivity index (χ0v) is 6.06. The first-order chi connectivity index (χ1) is 5.77. The van der Waals surface area contributed by atoms with Crippen LogP contribution in [-0.4, -0.2) is 23.7 Å². The Kier molecular flexibility index (Phi) is 1.40. The second kappa shape index (κ2) is 2.41. The van der Waals surface area contributed by atoms with E-state index in [2.05, 4.69) is 4.99 Å². The molecule has 2 rings (SSSR count). The maximum atomic E-state index is 10.7. The molecule has 0 radical (unpaired) electrons. The Labute approximate surface area is 68.2 Å². The normalized spacial score (nSPS) is 26.3. The fourth-order valence-electron chi connectivity index (χ4n) is 1.04. The van der Waals surface area contributed by atoms with Crippen molar-refractivity contribution in [2.24, 2.45) is 4.99 Å². The van der Waals surface area contributed by atoms with E-state index in [-0.39, 0.29) is 0 Å². The lowest BCUT2D eigenvalue weighted by atomic mass is 10.1. The largest absolute Gasteiger partial charge is 0.444 e. The summed E-state index contributed by atoms with van der Waals surface area (Å²) < 4.78 is 4.75. The lowest BCUT2D eigenvalue weighted by molar-refractivity contribution is -0.155. The first-order valence-electron chi connectivity index (χ1n) is 3.46. The van der Waals surface area contributed by atoms with E-state index in [0.29, 0.717) is 5.71 Å². The Morgan fingerprint density at radius 3 is 3.00 bits per heavy atom. The molecule has 0 aromatic heterocycles. The number of allylic oxidation sites excluding steroid dienone is 2. The van der Waals surface area contributed by atoms with Gasteiger partial charge in [0.2, 0.25) is 0 Å². The highest BCUT2D eigenvalue weighted by Gasteiger charge is 2.28. The van der Waals surface area contributed by atoms with Crippen LogP contribution in [0.25, 0.3) is 0 Å². The van der Waals surface area contributed by atoms with E-state index < -0.39 is 18.0 Å². The van der Waals surface area contributed by atoms with Gasteiger partial charge in [-0.15, -0.1) is 0 Å². The van der Waals surface area contributed by atoms with Crippen LogP contribution in [0.3, 0.4) is 0 Å². The van der Waals surface area contributed by atoms with E-state index in [1.807, 2.05) is 0 Å². The Bertz CT molecular complexity index is 338. The summed E-state index contributed by atoms with van der Waals surface area (Å²) in [6.07, 6.45) is 6.33. The molecule has 1 aliphatic heterocycles. The predicted octanol–water partition coefficient (Wildman–Crippen LogP) is 0.00540. The Hall–Kier alpha value is -1.71. The highest BCUT2D eigenvalue weighted by atomic mass is 16.6. The van der Waals surface area contributed by atoms with E-state index in [1.54, 1.807) is 24.3 Å². The van der Waals surface area contributed by atoms with E-state index >= 15 is 0 Å². The summed E-state index contributed by atoms with van der Waals surface area (Å²) in [5.41, 5.74) is 0.488. The summed E-state index contributed by atoms with van der Waals surface area (Å²) in [6.45, 7) is 0. The van der Waals surface area contributed by atoms with Gasteiger partial charge in [0.05, 0.1) is 5.71 Å². The van der Waals surface area contributed by atoms with Gasteiger partial charge < -0.3 is 4.74 Å². The molecule has 12 heavy (non-hydrogen) atoms. The van der Waals surface area contributed by atoms with Crippen molar-refractivity contribution in [2.75, 3.05) is 0 Å². The van der Waals surface area contributed by atoms with Crippen LogP contribution in [0.5, 0.6) is 0 Å². The third kappa shape index (κ3) is 0.972. The molecule has 0 aromatic carbocycles. The number of rotatable bonds is 0. The van der Waals surface area contributed by atoms with Gasteiger partial charge in [-0.25, -0.2) is 9.79 Å².